The van der Waals surface area contributed by atoms with Crippen LogP contribution in [0.2, 0.25) is 0 Å². The molecule has 4 rings (SSSR count). The summed E-state index contributed by atoms with van der Waals surface area (Å²) in [6, 6.07) is 21.8. The van der Waals surface area contributed by atoms with Crippen LogP contribution in [0.1, 0.15) is 16.7 Å². The highest BCUT2D eigenvalue weighted by Crippen LogP contribution is 2.38. The Hall–Kier alpha value is -3.18. The third-order valence-corrected chi connectivity index (χ3v) is 5.63. The number of rotatable bonds is 3. The smallest absolute Gasteiger partial charge is 0.268 e. The summed E-state index contributed by atoms with van der Waals surface area (Å²) in [5, 5.41) is 0.557. The summed E-state index contributed by atoms with van der Waals surface area (Å²) in [7, 11) is 0. The summed E-state index contributed by atoms with van der Waals surface area (Å²) in [5.74, 6) is -0.575. The van der Waals surface area contributed by atoms with Crippen molar-refractivity contribution in [1.82, 2.24) is 0 Å². The fourth-order valence-corrected chi connectivity index (χ4v) is 4.14. The lowest BCUT2D eigenvalue weighted by Gasteiger charge is -2.16. The van der Waals surface area contributed by atoms with Crippen LogP contribution in [0.5, 0.6) is 0 Å². The number of carbonyl (C=O) groups excluding carboxylic acids is 1. The van der Waals surface area contributed by atoms with Gasteiger partial charge in [-0.3, -0.25) is 9.69 Å². The van der Waals surface area contributed by atoms with E-state index in [0.29, 0.717) is 15.6 Å². The second kappa shape index (κ2) is 8.05. The number of aliphatic imine (C=N–C) groups is 1. The molecule has 0 spiro atoms. The van der Waals surface area contributed by atoms with E-state index in [4.69, 9.17) is 4.99 Å². The molecule has 0 aromatic heterocycles. The van der Waals surface area contributed by atoms with Crippen LogP contribution in [0.4, 0.5) is 15.8 Å². The van der Waals surface area contributed by atoms with Gasteiger partial charge in [0, 0.05) is 5.56 Å². The van der Waals surface area contributed by atoms with E-state index in [-0.39, 0.29) is 11.7 Å². The minimum atomic E-state index is -0.361. The van der Waals surface area contributed by atoms with Crippen molar-refractivity contribution in [2.45, 2.75) is 13.8 Å². The van der Waals surface area contributed by atoms with Gasteiger partial charge >= 0.3 is 0 Å². The summed E-state index contributed by atoms with van der Waals surface area (Å²) < 4.78 is 14.1. The van der Waals surface area contributed by atoms with Crippen molar-refractivity contribution >= 4 is 40.3 Å². The molecule has 1 heterocycles. The largest absolute Gasteiger partial charge is 0.271 e. The number of carbonyl (C=O) groups is 1. The molecule has 5 heteroatoms. The van der Waals surface area contributed by atoms with Crippen molar-refractivity contribution in [3.05, 3.63) is 100 Å². The number of amides is 1. The average Bonchev–Trinajstić information content (AvgIpc) is 3.02. The molecule has 0 radical (unpaired) electrons. The van der Waals surface area contributed by atoms with Gasteiger partial charge in [0.05, 0.1) is 16.3 Å². The molecule has 3 aromatic carbocycles. The van der Waals surface area contributed by atoms with Gasteiger partial charge in [0.15, 0.2) is 5.17 Å². The topological polar surface area (TPSA) is 32.7 Å². The van der Waals surface area contributed by atoms with Gasteiger partial charge in [0.1, 0.15) is 5.82 Å². The molecule has 1 fully saturated rings. The second-order valence-electron chi connectivity index (χ2n) is 6.74. The number of thioether (sulfide) groups is 1. The summed E-state index contributed by atoms with van der Waals surface area (Å²) in [5.41, 5.74) is 4.02. The monoisotopic (exact) mass is 402 g/mol. The van der Waals surface area contributed by atoms with E-state index in [0.717, 1.165) is 22.5 Å². The zero-order valence-corrected chi connectivity index (χ0v) is 16.9. The first-order chi connectivity index (χ1) is 14.0. The molecule has 29 heavy (non-hydrogen) atoms. The number of amidine groups is 1. The predicted molar refractivity (Wildman–Crippen MR) is 119 cm³/mol. The zero-order chi connectivity index (χ0) is 20.4. The van der Waals surface area contributed by atoms with Crippen molar-refractivity contribution < 1.29 is 9.18 Å². The Morgan fingerprint density at radius 1 is 0.897 bits per heavy atom. The number of benzene rings is 3. The maximum Gasteiger partial charge on any atom is 0.271 e. The van der Waals surface area contributed by atoms with Crippen LogP contribution < -0.4 is 4.90 Å². The van der Waals surface area contributed by atoms with Gasteiger partial charge in [-0.1, -0.05) is 54.6 Å². The van der Waals surface area contributed by atoms with E-state index >= 15 is 0 Å². The molecule has 0 unspecified atom stereocenters. The average molecular weight is 402 g/mol. The van der Waals surface area contributed by atoms with Gasteiger partial charge in [-0.15, -0.1) is 0 Å². The van der Waals surface area contributed by atoms with E-state index in [1.165, 1.54) is 17.8 Å². The molecular weight excluding hydrogens is 383 g/mol. The van der Waals surface area contributed by atoms with Crippen molar-refractivity contribution in [3.8, 4) is 0 Å². The number of aryl methyl sites for hydroxylation is 2. The molecule has 0 aliphatic carbocycles. The molecule has 3 nitrogen and oxygen atoms in total. The summed E-state index contributed by atoms with van der Waals surface area (Å²) >= 11 is 1.26. The van der Waals surface area contributed by atoms with Crippen LogP contribution in [0, 0.1) is 19.7 Å². The molecule has 1 amide bonds. The minimum absolute atomic E-state index is 0.213. The van der Waals surface area contributed by atoms with Crippen LogP contribution >= 0.6 is 11.8 Å². The Kier molecular flexibility index (Phi) is 5.32. The Balaban J connectivity index is 1.83. The van der Waals surface area contributed by atoms with E-state index in [1.807, 2.05) is 62.4 Å². The zero-order valence-electron chi connectivity index (χ0n) is 16.1. The lowest BCUT2D eigenvalue weighted by molar-refractivity contribution is -0.113. The molecule has 3 aromatic rings. The first kappa shape index (κ1) is 19.2. The highest BCUT2D eigenvalue weighted by Gasteiger charge is 2.35. The second-order valence-corrected chi connectivity index (χ2v) is 7.75. The van der Waals surface area contributed by atoms with Crippen LogP contribution in [0.25, 0.3) is 6.08 Å². The van der Waals surface area contributed by atoms with Crippen molar-refractivity contribution in [2.24, 2.45) is 4.99 Å². The number of hydrogen-bond donors (Lipinski definition) is 0. The normalized spacial score (nSPS) is 16.8. The van der Waals surface area contributed by atoms with Gasteiger partial charge in [0.25, 0.3) is 5.91 Å². The van der Waals surface area contributed by atoms with Crippen LogP contribution in [-0.2, 0) is 4.79 Å². The highest BCUT2D eigenvalue weighted by molar-refractivity contribution is 8.19. The van der Waals surface area contributed by atoms with E-state index in [1.54, 1.807) is 29.2 Å². The van der Waals surface area contributed by atoms with E-state index < -0.39 is 0 Å². The quantitative estimate of drug-likeness (QED) is 0.485. The number of nitrogens with zero attached hydrogens (tertiary/aromatic N) is 2. The maximum atomic E-state index is 14.1. The fourth-order valence-electron chi connectivity index (χ4n) is 3.16. The number of halogens is 1. The predicted octanol–water partition coefficient (Wildman–Crippen LogP) is 6.25. The first-order valence-electron chi connectivity index (χ1n) is 9.23. The third-order valence-electron chi connectivity index (χ3n) is 4.66. The molecule has 1 saturated heterocycles. The van der Waals surface area contributed by atoms with Crippen molar-refractivity contribution in [3.63, 3.8) is 0 Å². The van der Waals surface area contributed by atoms with Crippen LogP contribution in [-0.4, -0.2) is 11.1 Å². The highest BCUT2D eigenvalue weighted by atomic mass is 32.2. The Labute approximate surface area is 173 Å². The molecule has 1 aliphatic heterocycles. The lowest BCUT2D eigenvalue weighted by atomic mass is 10.1. The molecular formula is C24H19FN2OS. The van der Waals surface area contributed by atoms with E-state index in [9.17, 15) is 9.18 Å². The number of para-hydroxylation sites is 2. The maximum absolute atomic E-state index is 14.1. The Bertz CT molecular complexity index is 1120. The van der Waals surface area contributed by atoms with Crippen LogP contribution in [0.15, 0.2) is 82.7 Å². The molecule has 0 atom stereocenters. The summed E-state index contributed by atoms with van der Waals surface area (Å²) in [4.78, 5) is 20.1. The SMILES string of the molecule is Cc1cccc(C)c1N=C1S/C(=C\c2ccccc2F)C(=O)N1c1ccccc1. The summed E-state index contributed by atoms with van der Waals surface area (Å²) in [6.07, 6.45) is 1.59. The van der Waals surface area contributed by atoms with E-state index in [2.05, 4.69) is 0 Å². The standard InChI is InChI=1S/C24H19FN2OS/c1-16-9-8-10-17(2)22(16)26-24-27(19-12-4-3-5-13-19)23(28)21(29-24)15-18-11-6-7-14-20(18)25/h3-15H,1-2H3/b21-15-,26-24?. The Morgan fingerprint density at radius 3 is 2.24 bits per heavy atom. The molecule has 0 bridgehead atoms. The van der Waals surface area contributed by atoms with Crippen LogP contribution in [0.3, 0.4) is 0 Å². The number of hydrogen-bond acceptors (Lipinski definition) is 3. The van der Waals surface area contributed by atoms with Gasteiger partial charge in [0.2, 0.25) is 0 Å². The molecule has 144 valence electrons. The van der Waals surface area contributed by atoms with Gasteiger partial charge in [-0.2, -0.15) is 0 Å². The van der Waals surface area contributed by atoms with Crippen molar-refractivity contribution in [2.75, 3.05) is 4.90 Å². The fraction of sp³-hybridized carbons (Fsp3) is 0.0833. The lowest BCUT2D eigenvalue weighted by Crippen LogP contribution is -2.28. The minimum Gasteiger partial charge on any atom is -0.268 e. The molecule has 0 saturated carbocycles. The number of anilines is 1. The Morgan fingerprint density at radius 2 is 1.55 bits per heavy atom. The van der Waals surface area contributed by atoms with Crippen molar-refractivity contribution in [1.29, 1.82) is 0 Å². The van der Waals surface area contributed by atoms with Gasteiger partial charge < -0.3 is 0 Å². The van der Waals surface area contributed by atoms with Gasteiger partial charge in [-0.25, -0.2) is 9.38 Å². The third kappa shape index (κ3) is 3.87. The molecule has 0 N–H and O–H groups in total. The summed E-state index contributed by atoms with van der Waals surface area (Å²) in [6.45, 7) is 3.99. The molecule has 1 aliphatic rings. The van der Waals surface area contributed by atoms with Gasteiger partial charge in [-0.05, 0) is 61.0 Å². The first-order valence-corrected chi connectivity index (χ1v) is 10.0.